The zero-order valence-electron chi connectivity index (χ0n) is 10.8. The number of alkyl halides is 3. The van der Waals surface area contributed by atoms with E-state index >= 15 is 0 Å². The first-order valence-corrected chi connectivity index (χ1v) is 5.99. The zero-order chi connectivity index (χ0) is 14.8. The van der Waals surface area contributed by atoms with Crippen LogP contribution in [-0.4, -0.2) is 29.2 Å². The Bertz CT molecular complexity index is 599. The van der Waals surface area contributed by atoms with E-state index in [1.807, 2.05) is 0 Å². The average Bonchev–Trinajstić information content (AvgIpc) is 2.42. The molecule has 0 radical (unpaired) electrons. The number of nitrogens with two attached hydrogens (primary N) is 1. The van der Waals surface area contributed by atoms with Crippen molar-refractivity contribution in [1.29, 1.82) is 0 Å². The van der Waals surface area contributed by atoms with E-state index in [1.54, 1.807) is 31.2 Å². The van der Waals surface area contributed by atoms with Crippen LogP contribution in [0.15, 0.2) is 24.3 Å². The fourth-order valence-corrected chi connectivity index (χ4v) is 1.92. The van der Waals surface area contributed by atoms with E-state index in [-0.39, 0.29) is 18.3 Å². The van der Waals surface area contributed by atoms with E-state index < -0.39 is 12.7 Å². The molecule has 0 aliphatic heterocycles. The molecule has 20 heavy (non-hydrogen) atoms. The van der Waals surface area contributed by atoms with Crippen LogP contribution in [0.4, 0.5) is 24.9 Å². The van der Waals surface area contributed by atoms with Gasteiger partial charge < -0.3 is 4.90 Å². The summed E-state index contributed by atoms with van der Waals surface area (Å²) in [7, 11) is 0. The van der Waals surface area contributed by atoms with Crippen LogP contribution in [0.1, 0.15) is 6.92 Å². The molecule has 0 aliphatic rings. The lowest BCUT2D eigenvalue weighted by Gasteiger charge is -2.24. The quantitative estimate of drug-likeness (QED) is 0.666. The van der Waals surface area contributed by atoms with Gasteiger partial charge in [-0.15, -0.1) is 0 Å². The number of anilines is 2. The first kappa shape index (κ1) is 14.3. The molecule has 1 aromatic carbocycles. The molecule has 0 bridgehead atoms. The van der Waals surface area contributed by atoms with Crippen LogP contribution >= 0.6 is 0 Å². The predicted octanol–water partition coefficient (Wildman–Crippen LogP) is 2.30. The van der Waals surface area contributed by atoms with Gasteiger partial charge in [0.25, 0.3) is 0 Å². The predicted molar refractivity (Wildman–Crippen MR) is 71.3 cm³/mol. The Balaban J connectivity index is 2.55. The van der Waals surface area contributed by atoms with E-state index in [4.69, 9.17) is 5.84 Å². The third-order valence-electron chi connectivity index (χ3n) is 2.76. The minimum Gasteiger partial charge on any atom is -0.347 e. The minimum absolute atomic E-state index is 0.0827. The Morgan fingerprint density at radius 1 is 1.25 bits per heavy atom. The second kappa shape index (κ2) is 5.49. The van der Waals surface area contributed by atoms with Crippen LogP contribution in [0, 0.1) is 0 Å². The van der Waals surface area contributed by atoms with Crippen molar-refractivity contribution in [2.45, 2.75) is 13.1 Å². The maximum atomic E-state index is 12.6. The Morgan fingerprint density at radius 2 is 1.95 bits per heavy atom. The van der Waals surface area contributed by atoms with Crippen molar-refractivity contribution in [1.82, 2.24) is 9.97 Å². The summed E-state index contributed by atoms with van der Waals surface area (Å²) in [5.74, 6) is 5.56. The van der Waals surface area contributed by atoms with Crippen LogP contribution in [0.2, 0.25) is 0 Å². The number of hydrazine groups is 1. The number of fused-ring (bicyclic) bond motifs is 1. The van der Waals surface area contributed by atoms with Crippen molar-refractivity contribution in [2.24, 2.45) is 5.84 Å². The number of rotatable bonds is 4. The van der Waals surface area contributed by atoms with E-state index in [0.717, 1.165) is 4.90 Å². The summed E-state index contributed by atoms with van der Waals surface area (Å²) in [6.45, 7) is 0.733. The van der Waals surface area contributed by atoms with Crippen molar-refractivity contribution < 1.29 is 13.2 Å². The minimum atomic E-state index is -4.31. The second-order valence-corrected chi connectivity index (χ2v) is 4.16. The normalized spacial score (nSPS) is 11.7. The highest BCUT2D eigenvalue weighted by atomic mass is 19.4. The molecule has 2 rings (SSSR count). The van der Waals surface area contributed by atoms with Gasteiger partial charge in [0.1, 0.15) is 12.4 Å². The molecule has 0 unspecified atom stereocenters. The number of nitrogen functional groups attached to an aromatic ring is 1. The van der Waals surface area contributed by atoms with Crippen molar-refractivity contribution in [2.75, 3.05) is 23.4 Å². The number of benzene rings is 1. The molecule has 5 nitrogen and oxygen atoms in total. The van der Waals surface area contributed by atoms with Crippen LogP contribution in [0.25, 0.3) is 10.9 Å². The monoisotopic (exact) mass is 285 g/mol. The summed E-state index contributed by atoms with van der Waals surface area (Å²) in [5.41, 5.74) is 2.80. The fourth-order valence-electron chi connectivity index (χ4n) is 1.92. The molecule has 2 aromatic rings. The van der Waals surface area contributed by atoms with E-state index in [1.165, 1.54) is 0 Å². The van der Waals surface area contributed by atoms with Gasteiger partial charge in [-0.25, -0.2) is 10.8 Å². The van der Waals surface area contributed by atoms with Gasteiger partial charge in [-0.3, -0.25) is 5.43 Å². The number of para-hydroxylation sites is 1. The Kier molecular flexibility index (Phi) is 3.93. The molecule has 8 heteroatoms. The molecule has 0 amide bonds. The number of nitrogens with one attached hydrogen (secondary N) is 1. The van der Waals surface area contributed by atoms with Crippen molar-refractivity contribution in [3.8, 4) is 0 Å². The number of hydrogen-bond acceptors (Lipinski definition) is 5. The first-order valence-electron chi connectivity index (χ1n) is 5.99. The summed E-state index contributed by atoms with van der Waals surface area (Å²) >= 11 is 0. The maximum Gasteiger partial charge on any atom is 0.405 e. The van der Waals surface area contributed by atoms with Gasteiger partial charge in [-0.2, -0.15) is 18.2 Å². The molecule has 3 N–H and O–H groups in total. The first-order chi connectivity index (χ1) is 9.44. The fraction of sp³-hybridized carbons (Fsp3) is 0.333. The molecule has 0 spiro atoms. The molecule has 0 fully saturated rings. The molecule has 0 aliphatic carbocycles. The van der Waals surface area contributed by atoms with Gasteiger partial charge in [0, 0.05) is 11.9 Å². The van der Waals surface area contributed by atoms with Crippen LogP contribution in [0.3, 0.4) is 0 Å². The van der Waals surface area contributed by atoms with Gasteiger partial charge >= 0.3 is 6.18 Å². The van der Waals surface area contributed by atoms with Crippen molar-refractivity contribution in [3.63, 3.8) is 0 Å². The molecule has 0 atom stereocenters. The van der Waals surface area contributed by atoms with E-state index in [0.29, 0.717) is 10.9 Å². The lowest BCUT2D eigenvalue weighted by Crippen LogP contribution is -2.35. The highest BCUT2D eigenvalue weighted by Crippen LogP contribution is 2.27. The van der Waals surface area contributed by atoms with E-state index in [9.17, 15) is 13.2 Å². The van der Waals surface area contributed by atoms with Gasteiger partial charge in [0.2, 0.25) is 5.95 Å². The summed E-state index contributed by atoms with van der Waals surface area (Å²) in [6.07, 6.45) is -4.31. The topological polar surface area (TPSA) is 67.1 Å². The van der Waals surface area contributed by atoms with Crippen molar-refractivity contribution in [3.05, 3.63) is 24.3 Å². The molecule has 0 saturated carbocycles. The lowest BCUT2D eigenvalue weighted by atomic mass is 10.2. The highest BCUT2D eigenvalue weighted by Gasteiger charge is 2.31. The summed E-state index contributed by atoms with van der Waals surface area (Å²) in [6, 6.07) is 6.86. The SMILES string of the molecule is CCN(CC(F)(F)F)c1nc(NN)nc2ccccc12. The molecule has 1 heterocycles. The van der Waals surface area contributed by atoms with Crippen LogP contribution in [-0.2, 0) is 0 Å². The Morgan fingerprint density at radius 3 is 2.55 bits per heavy atom. The maximum absolute atomic E-state index is 12.6. The Hall–Kier alpha value is -2.09. The Labute approximate surface area is 113 Å². The second-order valence-electron chi connectivity index (χ2n) is 4.16. The number of halogens is 3. The molecule has 0 saturated heterocycles. The van der Waals surface area contributed by atoms with Crippen LogP contribution in [0.5, 0.6) is 0 Å². The third-order valence-corrected chi connectivity index (χ3v) is 2.76. The lowest BCUT2D eigenvalue weighted by molar-refractivity contribution is -0.119. The smallest absolute Gasteiger partial charge is 0.347 e. The molecule has 1 aromatic heterocycles. The van der Waals surface area contributed by atoms with Crippen LogP contribution < -0.4 is 16.2 Å². The van der Waals surface area contributed by atoms with Crippen molar-refractivity contribution >= 4 is 22.7 Å². The molecule has 108 valence electrons. The van der Waals surface area contributed by atoms with Gasteiger partial charge in [0.15, 0.2) is 0 Å². The van der Waals surface area contributed by atoms with Gasteiger partial charge in [0.05, 0.1) is 5.52 Å². The summed E-state index contributed by atoms with van der Waals surface area (Å²) in [4.78, 5) is 9.31. The summed E-state index contributed by atoms with van der Waals surface area (Å²) < 4.78 is 37.9. The number of nitrogens with zero attached hydrogens (tertiary/aromatic N) is 3. The molecular formula is C12H14F3N5. The third kappa shape index (κ3) is 3.08. The van der Waals surface area contributed by atoms with Gasteiger partial charge in [-0.1, -0.05) is 12.1 Å². The summed E-state index contributed by atoms with van der Waals surface area (Å²) in [5, 5.41) is 0.553. The largest absolute Gasteiger partial charge is 0.405 e. The van der Waals surface area contributed by atoms with Gasteiger partial charge in [-0.05, 0) is 19.1 Å². The standard InChI is InChI=1S/C12H14F3N5/c1-2-20(7-12(13,14)15)10-8-5-3-4-6-9(8)17-11(18-10)19-16/h3-6H,2,7,16H2,1H3,(H,17,18,19). The number of hydrogen-bond donors (Lipinski definition) is 2. The number of aromatic nitrogens is 2. The zero-order valence-corrected chi connectivity index (χ0v) is 10.8. The van der Waals surface area contributed by atoms with E-state index in [2.05, 4.69) is 15.4 Å². The average molecular weight is 285 g/mol. The molecular weight excluding hydrogens is 271 g/mol. The highest BCUT2D eigenvalue weighted by molar-refractivity contribution is 5.90.